The smallest absolute Gasteiger partial charge is 0.330 e. The van der Waals surface area contributed by atoms with Crippen LogP contribution in [0.3, 0.4) is 0 Å². The first-order valence-corrected chi connectivity index (χ1v) is 8.19. The number of carbonyl (C=O) groups excluding carboxylic acids is 1. The van der Waals surface area contributed by atoms with Crippen LogP contribution in [0.1, 0.15) is 13.3 Å². The highest BCUT2D eigenvalue weighted by atomic mass is 32.2. The average Bonchev–Trinajstić information content (AvgIpc) is 2.77. The van der Waals surface area contributed by atoms with Crippen molar-refractivity contribution in [3.63, 3.8) is 0 Å². The van der Waals surface area contributed by atoms with Crippen molar-refractivity contribution < 1.29 is 17.9 Å². The summed E-state index contributed by atoms with van der Waals surface area (Å²) in [5.74, 6) is -0.317. The summed E-state index contributed by atoms with van der Waals surface area (Å²) in [4.78, 5) is 11.3. The monoisotopic (exact) mass is 274 g/mol. The van der Waals surface area contributed by atoms with Gasteiger partial charge in [0.05, 0.1) is 15.7 Å². The number of fused-ring (bicyclic) bond motifs is 1. The maximum Gasteiger partial charge on any atom is 0.330 e. The molecule has 0 amide bonds. The second kappa shape index (κ2) is 3.29. The van der Waals surface area contributed by atoms with Crippen LogP contribution in [0.15, 0.2) is 12.7 Å². The molecule has 3 aliphatic rings. The van der Waals surface area contributed by atoms with E-state index < -0.39 is 15.8 Å². The van der Waals surface area contributed by atoms with Crippen LogP contribution < -0.4 is 0 Å². The van der Waals surface area contributed by atoms with E-state index in [4.69, 9.17) is 4.74 Å². The van der Waals surface area contributed by atoms with E-state index in [0.717, 1.165) is 6.08 Å². The van der Waals surface area contributed by atoms with Gasteiger partial charge in [0.2, 0.25) is 0 Å². The minimum Gasteiger partial charge on any atom is -0.457 e. The lowest BCUT2D eigenvalue weighted by Crippen LogP contribution is -2.44. The first-order valence-electron chi connectivity index (χ1n) is 5.60. The number of sulfone groups is 1. The van der Waals surface area contributed by atoms with Crippen molar-refractivity contribution >= 4 is 27.6 Å². The van der Waals surface area contributed by atoms with Gasteiger partial charge in [0.15, 0.2) is 9.84 Å². The molecule has 0 saturated carbocycles. The molecule has 3 saturated heterocycles. The Morgan fingerprint density at radius 1 is 1.59 bits per heavy atom. The molecule has 3 fully saturated rings. The Bertz CT molecular complexity index is 498. The summed E-state index contributed by atoms with van der Waals surface area (Å²) in [6, 6.07) is 0. The van der Waals surface area contributed by atoms with Gasteiger partial charge in [-0.25, -0.2) is 13.2 Å². The van der Waals surface area contributed by atoms with Crippen molar-refractivity contribution in [1.82, 2.24) is 0 Å². The fourth-order valence-electron chi connectivity index (χ4n) is 3.41. The van der Waals surface area contributed by atoms with Crippen molar-refractivity contribution in [2.45, 2.75) is 34.7 Å². The number of esters is 1. The molecule has 3 rings (SSSR count). The van der Waals surface area contributed by atoms with Gasteiger partial charge in [-0.05, 0) is 13.3 Å². The molecule has 2 bridgehead atoms. The molecule has 0 spiro atoms. The van der Waals surface area contributed by atoms with Crippen molar-refractivity contribution in [3.05, 3.63) is 12.7 Å². The van der Waals surface area contributed by atoms with Crippen LogP contribution in [0.5, 0.6) is 0 Å². The molecule has 6 heteroatoms. The molecule has 3 aliphatic heterocycles. The van der Waals surface area contributed by atoms with Crippen LogP contribution in [0.4, 0.5) is 0 Å². The molecule has 0 aromatic heterocycles. The highest BCUT2D eigenvalue weighted by Crippen LogP contribution is 2.63. The van der Waals surface area contributed by atoms with Gasteiger partial charge in [0.25, 0.3) is 0 Å². The van der Waals surface area contributed by atoms with Gasteiger partial charge >= 0.3 is 5.97 Å². The van der Waals surface area contributed by atoms with Gasteiger partial charge < -0.3 is 4.74 Å². The SMILES string of the molecule is C=CC(=O)OC1C2CS(=O)(=O)C3CC1(C)SC23. The molecule has 0 N–H and O–H groups in total. The summed E-state index contributed by atoms with van der Waals surface area (Å²) < 4.78 is 29.0. The second-order valence-electron chi connectivity index (χ2n) is 5.19. The van der Waals surface area contributed by atoms with Crippen LogP contribution in [-0.4, -0.2) is 41.5 Å². The zero-order chi connectivity index (χ0) is 12.4. The van der Waals surface area contributed by atoms with Crippen molar-refractivity contribution in [2.24, 2.45) is 5.92 Å². The van der Waals surface area contributed by atoms with Gasteiger partial charge in [-0.2, -0.15) is 0 Å². The van der Waals surface area contributed by atoms with Crippen LogP contribution in [0, 0.1) is 5.92 Å². The minimum atomic E-state index is -2.98. The summed E-state index contributed by atoms with van der Waals surface area (Å²) in [6.07, 6.45) is 1.47. The zero-order valence-corrected chi connectivity index (χ0v) is 11.1. The number of rotatable bonds is 2. The van der Waals surface area contributed by atoms with Gasteiger partial charge in [-0.15, -0.1) is 11.8 Å². The number of hydrogen-bond donors (Lipinski definition) is 0. The fraction of sp³-hybridized carbons (Fsp3) is 0.727. The standard InChI is InChI=1S/C11H14O4S2/c1-3-8(12)15-10-6-5-17(13,14)7-4-11(10,2)16-9(6)7/h3,6-7,9-10H,1,4-5H2,2H3. The van der Waals surface area contributed by atoms with E-state index in [2.05, 4.69) is 6.58 Å². The summed E-state index contributed by atoms with van der Waals surface area (Å²) in [7, 11) is -2.98. The predicted molar refractivity (Wildman–Crippen MR) is 65.5 cm³/mol. The maximum atomic E-state index is 11.9. The van der Waals surface area contributed by atoms with E-state index in [1.807, 2.05) is 6.92 Å². The lowest BCUT2D eigenvalue weighted by atomic mass is 9.80. The minimum absolute atomic E-state index is 0.0300. The van der Waals surface area contributed by atoms with Crippen LogP contribution >= 0.6 is 11.8 Å². The molecule has 5 atom stereocenters. The highest BCUT2D eigenvalue weighted by molar-refractivity contribution is 8.04. The normalized spacial score (nSPS) is 49.2. The molecule has 0 aromatic rings. The summed E-state index contributed by atoms with van der Waals surface area (Å²) in [5.41, 5.74) is 0. The quantitative estimate of drug-likeness (QED) is 0.550. The molecule has 3 heterocycles. The largest absolute Gasteiger partial charge is 0.457 e. The van der Waals surface area contributed by atoms with Gasteiger partial charge in [0.1, 0.15) is 6.10 Å². The number of hydrogen-bond acceptors (Lipinski definition) is 5. The maximum absolute atomic E-state index is 11.9. The van der Waals surface area contributed by atoms with E-state index in [1.54, 1.807) is 11.8 Å². The van der Waals surface area contributed by atoms with E-state index in [0.29, 0.717) is 6.42 Å². The first kappa shape index (κ1) is 11.6. The molecule has 0 aliphatic carbocycles. The Labute approximate surface area is 105 Å². The summed E-state index contributed by atoms with van der Waals surface area (Å²) in [5, 5.41) is -0.103. The molecule has 5 unspecified atom stereocenters. The molecule has 94 valence electrons. The topological polar surface area (TPSA) is 60.4 Å². The Hall–Kier alpha value is -0.490. The average molecular weight is 274 g/mol. The van der Waals surface area contributed by atoms with E-state index >= 15 is 0 Å². The third-order valence-electron chi connectivity index (χ3n) is 4.09. The first-order chi connectivity index (χ1) is 7.87. The number of ether oxygens (including phenoxy) is 1. The molecule has 0 aromatic carbocycles. The van der Waals surface area contributed by atoms with Gasteiger partial charge in [-0.3, -0.25) is 0 Å². The van der Waals surface area contributed by atoms with Crippen LogP contribution in [0.2, 0.25) is 0 Å². The summed E-state index contributed by atoms with van der Waals surface area (Å²) >= 11 is 1.68. The lowest BCUT2D eigenvalue weighted by molar-refractivity contribution is -0.147. The predicted octanol–water partition coefficient (Wildman–Crippen LogP) is 0.775. The third kappa shape index (κ3) is 1.43. The second-order valence-corrected chi connectivity index (χ2v) is 9.17. The van der Waals surface area contributed by atoms with E-state index in [9.17, 15) is 13.2 Å². The van der Waals surface area contributed by atoms with Crippen LogP contribution in [0.25, 0.3) is 0 Å². The van der Waals surface area contributed by atoms with E-state index in [-0.39, 0.29) is 33.0 Å². The Balaban J connectivity index is 1.94. The summed E-state index contributed by atoms with van der Waals surface area (Å²) in [6.45, 7) is 5.38. The Kier molecular flexibility index (Phi) is 2.24. The lowest BCUT2D eigenvalue weighted by Gasteiger charge is -2.31. The van der Waals surface area contributed by atoms with Crippen molar-refractivity contribution in [2.75, 3.05) is 5.75 Å². The fourth-order valence-corrected chi connectivity index (χ4v) is 8.61. The third-order valence-corrected chi connectivity index (χ3v) is 8.38. The zero-order valence-electron chi connectivity index (χ0n) is 9.46. The number of carbonyl (C=O) groups is 1. The van der Waals surface area contributed by atoms with E-state index in [1.165, 1.54) is 0 Å². The highest BCUT2D eigenvalue weighted by Gasteiger charge is 2.69. The van der Waals surface area contributed by atoms with Crippen LogP contribution in [-0.2, 0) is 19.4 Å². The molecule has 4 nitrogen and oxygen atoms in total. The molecular weight excluding hydrogens is 260 g/mol. The van der Waals surface area contributed by atoms with Crippen molar-refractivity contribution in [3.8, 4) is 0 Å². The molecular formula is C11H14O4S2. The molecule has 17 heavy (non-hydrogen) atoms. The molecule has 0 radical (unpaired) electrons. The van der Waals surface area contributed by atoms with Gasteiger partial charge in [-0.1, -0.05) is 6.58 Å². The van der Waals surface area contributed by atoms with Gasteiger partial charge in [0, 0.05) is 17.2 Å². The Morgan fingerprint density at radius 2 is 2.29 bits per heavy atom. The number of thioether (sulfide) groups is 1. The Morgan fingerprint density at radius 3 is 2.94 bits per heavy atom. The van der Waals surface area contributed by atoms with Crippen molar-refractivity contribution in [1.29, 1.82) is 0 Å².